The van der Waals surface area contributed by atoms with E-state index >= 15 is 0 Å². The molecule has 1 atom stereocenters. The Morgan fingerprint density at radius 2 is 1.70 bits per heavy atom. The van der Waals surface area contributed by atoms with Gasteiger partial charge in [0.25, 0.3) is 5.91 Å². The second-order valence-corrected chi connectivity index (χ2v) is 7.85. The normalized spacial score (nSPS) is 19.5. The van der Waals surface area contributed by atoms with Crippen LogP contribution in [-0.4, -0.2) is 23.9 Å². The van der Waals surface area contributed by atoms with Crippen molar-refractivity contribution in [1.82, 2.24) is 5.32 Å². The molecule has 2 N–H and O–H groups in total. The molecule has 6 nitrogen and oxygen atoms in total. The van der Waals surface area contributed by atoms with Gasteiger partial charge in [-0.1, -0.05) is 74.2 Å². The molecule has 1 unspecified atom stereocenters. The fourth-order valence-corrected chi connectivity index (χ4v) is 4.14. The van der Waals surface area contributed by atoms with Crippen LogP contribution in [0.4, 0.5) is 10.5 Å². The van der Waals surface area contributed by atoms with Crippen molar-refractivity contribution in [2.24, 2.45) is 10.9 Å². The Hall–Kier alpha value is -3.15. The first-order chi connectivity index (χ1) is 14.7. The van der Waals surface area contributed by atoms with Crippen LogP contribution in [0.1, 0.15) is 49.7 Å². The van der Waals surface area contributed by atoms with Crippen molar-refractivity contribution in [1.29, 1.82) is 0 Å². The maximum absolute atomic E-state index is 12.8. The highest BCUT2D eigenvalue weighted by Gasteiger charge is 2.30. The minimum absolute atomic E-state index is 0.139. The molecule has 0 bridgehead atoms. The van der Waals surface area contributed by atoms with Crippen LogP contribution in [-0.2, 0) is 16.1 Å². The summed E-state index contributed by atoms with van der Waals surface area (Å²) in [6.45, 7) is 0.139. The van der Waals surface area contributed by atoms with E-state index in [1.54, 1.807) is 0 Å². The van der Waals surface area contributed by atoms with E-state index in [0.717, 1.165) is 48.2 Å². The van der Waals surface area contributed by atoms with Gasteiger partial charge in [-0.3, -0.25) is 15.1 Å². The van der Waals surface area contributed by atoms with Crippen molar-refractivity contribution in [3.05, 3.63) is 65.7 Å². The quantitative estimate of drug-likeness (QED) is 0.727. The second kappa shape index (κ2) is 9.57. The summed E-state index contributed by atoms with van der Waals surface area (Å²) >= 11 is 0. The molecule has 2 aromatic carbocycles. The molecule has 1 aliphatic carbocycles. The van der Waals surface area contributed by atoms with Crippen LogP contribution < -0.4 is 10.6 Å². The predicted octanol–water partition coefficient (Wildman–Crippen LogP) is 4.65. The van der Waals surface area contributed by atoms with E-state index in [2.05, 4.69) is 10.6 Å². The van der Waals surface area contributed by atoms with Gasteiger partial charge >= 0.3 is 6.09 Å². The number of ether oxygens (including phenoxy) is 1. The molecule has 156 valence electrons. The Kier molecular flexibility index (Phi) is 6.42. The molecule has 2 amide bonds. The van der Waals surface area contributed by atoms with Crippen LogP contribution in [0.15, 0.2) is 59.6 Å². The predicted molar refractivity (Wildman–Crippen MR) is 116 cm³/mol. The van der Waals surface area contributed by atoms with Gasteiger partial charge in [-0.25, -0.2) is 4.79 Å². The molecule has 2 aliphatic rings. The Morgan fingerprint density at radius 1 is 1.00 bits per heavy atom. The zero-order valence-electron chi connectivity index (χ0n) is 17.0. The number of carbonyl (C=O) groups excluding carboxylic acids is 2. The average molecular weight is 405 g/mol. The van der Waals surface area contributed by atoms with Gasteiger partial charge in [0.15, 0.2) is 0 Å². The van der Waals surface area contributed by atoms with Crippen LogP contribution in [0, 0.1) is 5.92 Å². The number of para-hydroxylation sites is 1. The Labute approximate surface area is 176 Å². The molecule has 1 aliphatic heterocycles. The smallest absolute Gasteiger partial charge is 0.409 e. The van der Waals surface area contributed by atoms with E-state index in [4.69, 9.17) is 9.73 Å². The van der Waals surface area contributed by atoms with Crippen molar-refractivity contribution in [2.75, 3.05) is 5.32 Å². The summed E-state index contributed by atoms with van der Waals surface area (Å²) in [6, 6.07) is 17.2. The standard InChI is InChI=1S/C24H27N3O3/c28-23-22(27-24(29)30-16-17-10-4-3-5-11-17)26-21(18-12-6-1-2-7-13-18)19-14-8-9-15-20(19)25-23/h3-5,8-11,14-15,18,22H,1-2,6-7,12-13,16H2,(H,25,28)(H,27,29). The van der Waals surface area contributed by atoms with E-state index in [-0.39, 0.29) is 18.4 Å². The van der Waals surface area contributed by atoms with E-state index in [1.165, 1.54) is 12.8 Å². The SMILES string of the molecule is O=C(NC1N=C(C2CCCCCC2)c2ccccc2NC1=O)OCc1ccccc1. The molecular formula is C24H27N3O3. The van der Waals surface area contributed by atoms with Crippen LogP contribution in [0.25, 0.3) is 0 Å². The van der Waals surface area contributed by atoms with E-state index in [0.29, 0.717) is 0 Å². The third kappa shape index (κ3) is 4.87. The number of alkyl carbamates (subject to hydrolysis) is 1. The van der Waals surface area contributed by atoms with Crippen molar-refractivity contribution < 1.29 is 14.3 Å². The number of aliphatic imine (C=N–C) groups is 1. The lowest BCUT2D eigenvalue weighted by Crippen LogP contribution is -2.42. The summed E-state index contributed by atoms with van der Waals surface area (Å²) < 4.78 is 5.30. The number of rotatable bonds is 4. The van der Waals surface area contributed by atoms with Crippen molar-refractivity contribution in [2.45, 2.75) is 51.3 Å². The number of nitrogens with one attached hydrogen (secondary N) is 2. The number of hydrogen-bond donors (Lipinski definition) is 2. The van der Waals surface area contributed by atoms with Gasteiger partial charge in [0.2, 0.25) is 6.17 Å². The van der Waals surface area contributed by atoms with Crippen LogP contribution in [0.3, 0.4) is 0 Å². The lowest BCUT2D eigenvalue weighted by Gasteiger charge is -2.19. The van der Waals surface area contributed by atoms with Crippen molar-refractivity contribution >= 4 is 23.4 Å². The molecule has 6 heteroatoms. The summed E-state index contributed by atoms with van der Waals surface area (Å²) in [7, 11) is 0. The first kappa shape index (κ1) is 20.1. The van der Waals surface area contributed by atoms with Gasteiger partial charge in [0, 0.05) is 17.2 Å². The van der Waals surface area contributed by atoms with Gasteiger partial charge in [-0.05, 0) is 24.5 Å². The number of amides is 2. The molecule has 0 radical (unpaired) electrons. The molecule has 1 saturated carbocycles. The average Bonchev–Trinajstić information content (AvgIpc) is 3.12. The van der Waals surface area contributed by atoms with Crippen LogP contribution in [0.5, 0.6) is 0 Å². The first-order valence-corrected chi connectivity index (χ1v) is 10.7. The topological polar surface area (TPSA) is 79.8 Å². The van der Waals surface area contributed by atoms with Gasteiger partial charge < -0.3 is 10.1 Å². The van der Waals surface area contributed by atoms with E-state index < -0.39 is 12.3 Å². The molecule has 4 rings (SSSR count). The molecular weight excluding hydrogens is 378 g/mol. The van der Waals surface area contributed by atoms with E-state index in [9.17, 15) is 9.59 Å². The maximum Gasteiger partial charge on any atom is 0.409 e. The van der Waals surface area contributed by atoms with Gasteiger partial charge in [-0.2, -0.15) is 0 Å². The van der Waals surface area contributed by atoms with E-state index in [1.807, 2.05) is 54.6 Å². The maximum atomic E-state index is 12.8. The Morgan fingerprint density at radius 3 is 2.47 bits per heavy atom. The lowest BCUT2D eigenvalue weighted by atomic mass is 9.89. The molecule has 0 spiro atoms. The summed E-state index contributed by atoms with van der Waals surface area (Å²) in [5, 5.41) is 5.55. The zero-order chi connectivity index (χ0) is 20.8. The molecule has 1 fully saturated rings. The molecule has 2 aromatic rings. The third-order valence-electron chi connectivity index (χ3n) is 5.69. The Bertz CT molecular complexity index is 918. The summed E-state index contributed by atoms with van der Waals surface area (Å²) in [6.07, 6.45) is 5.20. The number of anilines is 1. The van der Waals surface area contributed by atoms with Gasteiger partial charge in [-0.15, -0.1) is 0 Å². The fraction of sp³-hybridized carbons (Fsp3) is 0.375. The summed E-state index contributed by atoms with van der Waals surface area (Å²) in [4.78, 5) is 29.9. The number of nitrogens with zero attached hydrogens (tertiary/aromatic N) is 1. The number of fused-ring (bicyclic) bond motifs is 1. The van der Waals surface area contributed by atoms with Crippen molar-refractivity contribution in [3.63, 3.8) is 0 Å². The largest absolute Gasteiger partial charge is 0.445 e. The molecule has 30 heavy (non-hydrogen) atoms. The third-order valence-corrected chi connectivity index (χ3v) is 5.69. The monoisotopic (exact) mass is 405 g/mol. The zero-order valence-corrected chi connectivity index (χ0v) is 17.0. The van der Waals surface area contributed by atoms with Gasteiger partial charge in [0.05, 0.1) is 5.71 Å². The molecule has 1 heterocycles. The lowest BCUT2D eigenvalue weighted by molar-refractivity contribution is -0.117. The van der Waals surface area contributed by atoms with Crippen molar-refractivity contribution in [3.8, 4) is 0 Å². The Balaban J connectivity index is 1.54. The van der Waals surface area contributed by atoms with Crippen LogP contribution in [0.2, 0.25) is 0 Å². The fourth-order valence-electron chi connectivity index (χ4n) is 4.14. The summed E-state index contributed by atoms with van der Waals surface area (Å²) in [5.74, 6) is -0.0753. The number of carbonyl (C=O) groups is 2. The summed E-state index contributed by atoms with van der Waals surface area (Å²) in [5.41, 5.74) is 3.47. The van der Waals surface area contributed by atoms with Gasteiger partial charge in [0.1, 0.15) is 6.61 Å². The van der Waals surface area contributed by atoms with Crippen LogP contribution >= 0.6 is 0 Å². The highest BCUT2D eigenvalue weighted by atomic mass is 16.5. The number of hydrogen-bond acceptors (Lipinski definition) is 4. The number of benzene rings is 2. The highest BCUT2D eigenvalue weighted by molar-refractivity contribution is 6.13. The highest BCUT2D eigenvalue weighted by Crippen LogP contribution is 2.31. The second-order valence-electron chi connectivity index (χ2n) is 7.85. The minimum Gasteiger partial charge on any atom is -0.445 e. The molecule has 0 saturated heterocycles. The minimum atomic E-state index is -1.01. The molecule has 0 aromatic heterocycles. The first-order valence-electron chi connectivity index (χ1n) is 10.7. The number of benzodiazepines with no additional fused rings is 1.